The summed E-state index contributed by atoms with van der Waals surface area (Å²) < 4.78 is 3.74. The van der Waals surface area contributed by atoms with Crippen molar-refractivity contribution in [3.63, 3.8) is 0 Å². The zero-order valence-electron chi connectivity index (χ0n) is 25.5. The first-order valence-electron chi connectivity index (χ1n) is 15.2. The Hall–Kier alpha value is -3.76. The number of hydrogen-bond acceptors (Lipinski definition) is 8. The predicted octanol–water partition coefficient (Wildman–Crippen LogP) is 5.18. The normalized spacial score (nSPS) is 19.0. The molecule has 3 aromatic heterocycles. The van der Waals surface area contributed by atoms with E-state index in [9.17, 15) is 4.79 Å². The molecule has 2 fully saturated rings. The average Bonchev–Trinajstić information content (AvgIpc) is 3.35. The SMILES string of the molecule is CC(C)n1c(=O)c(-c2nc(C3CCCCN3C)cn2C)cc2cnc(Nc3ccc(NC4CCN(C)CC4)cc3)nc21. The second-order valence-corrected chi connectivity index (χ2v) is 12.3. The summed E-state index contributed by atoms with van der Waals surface area (Å²) in [6.45, 7) is 7.34. The van der Waals surface area contributed by atoms with Gasteiger partial charge in [-0.15, -0.1) is 0 Å². The lowest BCUT2D eigenvalue weighted by Crippen LogP contribution is -2.36. The van der Waals surface area contributed by atoms with E-state index in [4.69, 9.17) is 9.97 Å². The maximum atomic E-state index is 13.9. The lowest BCUT2D eigenvalue weighted by molar-refractivity contribution is 0.184. The number of hydrogen-bond donors (Lipinski definition) is 2. The lowest BCUT2D eigenvalue weighted by atomic mass is 10.0. The molecule has 2 aliphatic heterocycles. The minimum Gasteiger partial charge on any atom is -0.382 e. The Bertz CT molecular complexity index is 1600. The van der Waals surface area contributed by atoms with Crippen LogP contribution in [0.3, 0.4) is 0 Å². The van der Waals surface area contributed by atoms with Crippen LogP contribution in [0, 0.1) is 0 Å². The average molecular weight is 570 g/mol. The summed E-state index contributed by atoms with van der Waals surface area (Å²) in [4.78, 5) is 33.1. The standard InChI is InChI=1S/C32H43N9O/c1-21(2)41-29-22(18-26(31(41)42)30-36-27(20-40(30)5)28-8-6-7-15-39(28)4)19-33-32(37-29)35-24-11-9-23(10-12-24)34-25-13-16-38(3)17-14-25/h9-12,18-21,25,28,34H,6-8,13-17H2,1-5H3,(H,33,35,37). The number of benzene rings is 1. The van der Waals surface area contributed by atoms with E-state index in [1.807, 2.05) is 43.7 Å². The van der Waals surface area contributed by atoms with Crippen molar-refractivity contribution in [3.8, 4) is 11.4 Å². The van der Waals surface area contributed by atoms with Gasteiger partial charge in [-0.3, -0.25) is 14.3 Å². The largest absolute Gasteiger partial charge is 0.382 e. The topological polar surface area (TPSA) is 96.1 Å². The van der Waals surface area contributed by atoms with E-state index in [0.29, 0.717) is 29.0 Å². The van der Waals surface area contributed by atoms with Gasteiger partial charge < -0.3 is 20.1 Å². The monoisotopic (exact) mass is 569 g/mol. The Morgan fingerprint density at radius 3 is 2.38 bits per heavy atom. The number of aromatic nitrogens is 5. The van der Waals surface area contributed by atoms with E-state index < -0.39 is 0 Å². The predicted molar refractivity (Wildman–Crippen MR) is 169 cm³/mol. The van der Waals surface area contributed by atoms with Crippen LogP contribution in [0.15, 0.2) is 47.5 Å². The number of nitrogens with zero attached hydrogens (tertiary/aromatic N) is 7. The number of rotatable bonds is 7. The minimum atomic E-state index is -0.0938. The highest BCUT2D eigenvalue weighted by atomic mass is 16.1. The number of likely N-dealkylation sites (tertiary alicyclic amines) is 2. The van der Waals surface area contributed by atoms with Crippen molar-refractivity contribution < 1.29 is 0 Å². The quantitative estimate of drug-likeness (QED) is 0.314. The minimum absolute atomic E-state index is 0.0863. The Morgan fingerprint density at radius 2 is 1.67 bits per heavy atom. The van der Waals surface area contributed by atoms with E-state index in [1.165, 1.54) is 12.8 Å². The Kier molecular flexibility index (Phi) is 8.00. The van der Waals surface area contributed by atoms with Gasteiger partial charge in [0.1, 0.15) is 11.5 Å². The molecule has 0 saturated carbocycles. The van der Waals surface area contributed by atoms with Crippen LogP contribution >= 0.6 is 0 Å². The fraction of sp³-hybridized carbons (Fsp3) is 0.500. The lowest BCUT2D eigenvalue weighted by Gasteiger charge is -2.31. The van der Waals surface area contributed by atoms with E-state index in [2.05, 4.69) is 57.8 Å². The molecule has 42 heavy (non-hydrogen) atoms. The van der Waals surface area contributed by atoms with E-state index in [0.717, 1.165) is 61.4 Å². The number of imidazole rings is 1. The van der Waals surface area contributed by atoms with E-state index >= 15 is 0 Å². The smallest absolute Gasteiger partial charge is 0.263 e. The first-order chi connectivity index (χ1) is 20.3. The van der Waals surface area contributed by atoms with Gasteiger partial charge in [-0.2, -0.15) is 4.98 Å². The number of fused-ring (bicyclic) bond motifs is 1. The first kappa shape index (κ1) is 28.4. The molecule has 222 valence electrons. The molecule has 2 N–H and O–H groups in total. The van der Waals surface area contributed by atoms with Crippen molar-refractivity contribution in [1.82, 2.24) is 33.9 Å². The highest BCUT2D eigenvalue weighted by Gasteiger charge is 2.25. The van der Waals surface area contributed by atoms with Crippen molar-refractivity contribution in [3.05, 3.63) is 58.8 Å². The van der Waals surface area contributed by atoms with Gasteiger partial charge in [0.15, 0.2) is 0 Å². The van der Waals surface area contributed by atoms with Crippen LogP contribution in [0.5, 0.6) is 0 Å². The van der Waals surface area contributed by atoms with Crippen LogP contribution in [0.2, 0.25) is 0 Å². The summed E-state index contributed by atoms with van der Waals surface area (Å²) in [6, 6.07) is 10.8. The van der Waals surface area contributed by atoms with Crippen LogP contribution in [-0.2, 0) is 7.05 Å². The Balaban J connectivity index is 1.26. The number of anilines is 3. The third-order valence-corrected chi connectivity index (χ3v) is 8.77. The van der Waals surface area contributed by atoms with Crippen molar-refractivity contribution in [2.45, 2.75) is 64.1 Å². The Morgan fingerprint density at radius 1 is 0.929 bits per heavy atom. The number of aryl methyl sites for hydroxylation is 1. The molecule has 0 radical (unpaired) electrons. The van der Waals surface area contributed by atoms with Gasteiger partial charge in [0.05, 0.1) is 17.3 Å². The molecule has 1 aromatic carbocycles. The van der Waals surface area contributed by atoms with Gasteiger partial charge >= 0.3 is 0 Å². The molecule has 2 aliphatic rings. The molecule has 5 heterocycles. The highest BCUT2D eigenvalue weighted by Crippen LogP contribution is 2.31. The molecular weight excluding hydrogens is 526 g/mol. The summed E-state index contributed by atoms with van der Waals surface area (Å²) in [5.41, 5.74) is 4.12. The maximum absolute atomic E-state index is 13.9. The Labute approximate surface area is 247 Å². The number of piperidine rings is 2. The van der Waals surface area contributed by atoms with Crippen molar-refractivity contribution in [2.24, 2.45) is 7.05 Å². The fourth-order valence-corrected chi connectivity index (χ4v) is 6.34. The van der Waals surface area contributed by atoms with Crippen LogP contribution < -0.4 is 16.2 Å². The van der Waals surface area contributed by atoms with Crippen molar-refractivity contribution >= 4 is 28.4 Å². The molecule has 10 heteroatoms. The first-order valence-corrected chi connectivity index (χ1v) is 15.2. The molecular formula is C32H43N9O. The zero-order chi connectivity index (χ0) is 29.4. The molecule has 0 aliphatic carbocycles. The molecule has 4 aromatic rings. The molecule has 1 unspecified atom stereocenters. The van der Waals surface area contributed by atoms with E-state index in [-0.39, 0.29) is 17.6 Å². The van der Waals surface area contributed by atoms with Gasteiger partial charge in [0.2, 0.25) is 5.95 Å². The van der Waals surface area contributed by atoms with Crippen LogP contribution in [0.4, 0.5) is 17.3 Å². The fourth-order valence-electron chi connectivity index (χ4n) is 6.34. The van der Waals surface area contributed by atoms with Crippen LogP contribution in [0.25, 0.3) is 22.4 Å². The molecule has 2 saturated heterocycles. The second kappa shape index (κ2) is 11.9. The second-order valence-electron chi connectivity index (χ2n) is 12.3. The highest BCUT2D eigenvalue weighted by molar-refractivity contribution is 5.81. The van der Waals surface area contributed by atoms with Crippen molar-refractivity contribution in [1.29, 1.82) is 0 Å². The van der Waals surface area contributed by atoms with Gasteiger partial charge in [-0.25, -0.2) is 9.97 Å². The van der Waals surface area contributed by atoms with Crippen molar-refractivity contribution in [2.75, 3.05) is 44.4 Å². The maximum Gasteiger partial charge on any atom is 0.263 e. The van der Waals surface area contributed by atoms with Crippen LogP contribution in [-0.4, -0.2) is 73.7 Å². The van der Waals surface area contributed by atoms with Gasteiger partial charge in [0.25, 0.3) is 5.56 Å². The molecule has 0 amide bonds. The van der Waals surface area contributed by atoms with Gasteiger partial charge in [-0.05, 0) is 104 Å². The summed E-state index contributed by atoms with van der Waals surface area (Å²) in [7, 11) is 6.30. The third-order valence-electron chi connectivity index (χ3n) is 8.77. The van der Waals surface area contributed by atoms with Gasteiger partial charge in [-0.1, -0.05) is 6.42 Å². The number of nitrogens with one attached hydrogen (secondary N) is 2. The molecule has 6 rings (SSSR count). The number of pyridine rings is 1. The summed E-state index contributed by atoms with van der Waals surface area (Å²) in [5.74, 6) is 1.14. The molecule has 0 spiro atoms. The van der Waals surface area contributed by atoms with E-state index in [1.54, 1.807) is 10.8 Å². The van der Waals surface area contributed by atoms with Crippen LogP contribution in [0.1, 0.15) is 63.7 Å². The molecule has 1 atom stereocenters. The summed E-state index contributed by atoms with van der Waals surface area (Å²) in [6.07, 6.45) is 9.67. The third kappa shape index (κ3) is 5.78. The zero-order valence-corrected chi connectivity index (χ0v) is 25.5. The molecule has 0 bridgehead atoms. The van der Waals surface area contributed by atoms with Gasteiger partial charge in [0, 0.05) is 48.3 Å². The summed E-state index contributed by atoms with van der Waals surface area (Å²) in [5, 5.41) is 7.79. The molecule has 10 nitrogen and oxygen atoms in total. The summed E-state index contributed by atoms with van der Waals surface area (Å²) >= 11 is 0.